The lowest BCUT2D eigenvalue weighted by Gasteiger charge is -2.26. The zero-order valence-electron chi connectivity index (χ0n) is 14.8. The number of rotatable bonds is 4. The minimum absolute atomic E-state index is 0.126. The van der Waals surface area contributed by atoms with Crippen LogP contribution in [0, 0.1) is 5.92 Å². The molecule has 1 N–H and O–H groups in total. The molecule has 1 aliphatic rings. The fourth-order valence-electron chi connectivity index (χ4n) is 3.29. The summed E-state index contributed by atoms with van der Waals surface area (Å²) in [5.74, 6) is 0.529. The van der Waals surface area contributed by atoms with Crippen LogP contribution < -0.4 is 15.7 Å². The van der Waals surface area contributed by atoms with Crippen molar-refractivity contribution in [1.29, 1.82) is 0 Å². The highest BCUT2D eigenvalue weighted by Gasteiger charge is 2.33. The van der Waals surface area contributed by atoms with Crippen LogP contribution in [0.15, 0.2) is 33.5 Å². The van der Waals surface area contributed by atoms with Crippen LogP contribution in [0.25, 0.3) is 11.0 Å². The van der Waals surface area contributed by atoms with Gasteiger partial charge in [-0.05, 0) is 43.7 Å². The van der Waals surface area contributed by atoms with Crippen LogP contribution in [0.4, 0.5) is 13.2 Å². The first kappa shape index (κ1) is 19.3. The molecule has 2 aromatic rings. The number of halogens is 3. The van der Waals surface area contributed by atoms with Gasteiger partial charge in [-0.2, -0.15) is 13.2 Å². The van der Waals surface area contributed by atoms with Gasteiger partial charge in [-0.3, -0.25) is 4.79 Å². The fraction of sp³-hybridized carbons (Fsp3) is 0.474. The molecule has 1 amide bonds. The normalized spacial score (nSPS) is 20.4. The Balaban J connectivity index is 1.67. The summed E-state index contributed by atoms with van der Waals surface area (Å²) in [5.41, 5.74) is -2.41. The van der Waals surface area contributed by atoms with E-state index in [4.69, 9.17) is 9.15 Å². The summed E-state index contributed by atoms with van der Waals surface area (Å²) in [7, 11) is 0. The zero-order chi connectivity index (χ0) is 19.6. The van der Waals surface area contributed by atoms with E-state index in [9.17, 15) is 22.8 Å². The number of fused-ring (bicyclic) bond motifs is 1. The van der Waals surface area contributed by atoms with Crippen molar-refractivity contribution in [2.45, 2.75) is 44.8 Å². The molecule has 27 heavy (non-hydrogen) atoms. The van der Waals surface area contributed by atoms with E-state index >= 15 is 0 Å². The number of hydrogen-bond donors (Lipinski definition) is 1. The van der Waals surface area contributed by atoms with E-state index in [-0.39, 0.29) is 35.3 Å². The van der Waals surface area contributed by atoms with Crippen LogP contribution in [-0.2, 0) is 11.0 Å². The molecule has 0 unspecified atom stereocenters. The Kier molecular flexibility index (Phi) is 5.43. The molecule has 0 aliphatic heterocycles. The van der Waals surface area contributed by atoms with Crippen LogP contribution in [0.5, 0.6) is 5.75 Å². The standard InChI is InChI=1S/C19H20F3NO4/c1-11-2-4-12(5-3-11)23-17(24)10-26-13-6-7-14-15(19(20,21)22)9-18(25)27-16(14)8-13/h6-9,11-12H,2-5,10H2,1H3,(H,23,24). The lowest BCUT2D eigenvalue weighted by atomic mass is 9.87. The number of alkyl halides is 3. The molecule has 0 bridgehead atoms. The Bertz CT molecular complexity index is 883. The molecule has 1 aliphatic carbocycles. The summed E-state index contributed by atoms with van der Waals surface area (Å²) < 4.78 is 49.3. The number of amides is 1. The number of hydrogen-bond acceptors (Lipinski definition) is 4. The first-order valence-corrected chi connectivity index (χ1v) is 8.79. The van der Waals surface area contributed by atoms with Crippen molar-refractivity contribution in [3.63, 3.8) is 0 Å². The van der Waals surface area contributed by atoms with Crippen LogP contribution in [0.1, 0.15) is 38.2 Å². The molecule has 8 heteroatoms. The van der Waals surface area contributed by atoms with E-state index < -0.39 is 17.4 Å². The van der Waals surface area contributed by atoms with E-state index in [0.29, 0.717) is 12.0 Å². The van der Waals surface area contributed by atoms with Gasteiger partial charge in [-0.25, -0.2) is 4.79 Å². The minimum atomic E-state index is -4.67. The lowest BCUT2D eigenvalue weighted by molar-refractivity contribution is -0.136. The average molecular weight is 383 g/mol. The molecule has 1 saturated carbocycles. The summed E-state index contributed by atoms with van der Waals surface area (Å²) in [5, 5.41) is 2.66. The van der Waals surface area contributed by atoms with Gasteiger partial charge in [0, 0.05) is 23.6 Å². The van der Waals surface area contributed by atoms with E-state index in [1.807, 2.05) is 0 Å². The number of ether oxygens (including phenoxy) is 1. The first-order valence-electron chi connectivity index (χ1n) is 8.79. The van der Waals surface area contributed by atoms with Crippen LogP contribution in [0.3, 0.4) is 0 Å². The third-order valence-electron chi connectivity index (χ3n) is 4.77. The summed E-state index contributed by atoms with van der Waals surface area (Å²) in [6.07, 6.45) is -0.690. The van der Waals surface area contributed by atoms with Gasteiger partial charge in [0.25, 0.3) is 5.91 Å². The molecule has 3 rings (SSSR count). The molecule has 146 valence electrons. The smallest absolute Gasteiger partial charge is 0.417 e. The third kappa shape index (κ3) is 4.81. The highest BCUT2D eigenvalue weighted by atomic mass is 19.4. The van der Waals surface area contributed by atoms with Gasteiger partial charge in [-0.15, -0.1) is 0 Å². The number of nitrogens with one attached hydrogen (secondary N) is 1. The Labute approximate surface area is 153 Å². The number of carbonyl (C=O) groups excluding carboxylic acids is 1. The molecule has 1 heterocycles. The van der Waals surface area contributed by atoms with Gasteiger partial charge < -0.3 is 14.5 Å². The number of carbonyl (C=O) groups is 1. The van der Waals surface area contributed by atoms with Crippen molar-refractivity contribution in [3.05, 3.63) is 40.2 Å². The van der Waals surface area contributed by atoms with Crippen molar-refractivity contribution in [3.8, 4) is 5.75 Å². The zero-order valence-corrected chi connectivity index (χ0v) is 14.8. The van der Waals surface area contributed by atoms with E-state index in [2.05, 4.69) is 12.2 Å². The maximum absolute atomic E-state index is 13.0. The third-order valence-corrected chi connectivity index (χ3v) is 4.77. The fourth-order valence-corrected chi connectivity index (χ4v) is 3.29. The van der Waals surface area contributed by atoms with Gasteiger partial charge in [0.05, 0.1) is 5.56 Å². The molecule has 0 spiro atoms. The second-order valence-electron chi connectivity index (χ2n) is 6.95. The van der Waals surface area contributed by atoms with Crippen molar-refractivity contribution in [1.82, 2.24) is 5.32 Å². The van der Waals surface area contributed by atoms with E-state index in [1.54, 1.807) is 0 Å². The molecule has 0 radical (unpaired) electrons. The van der Waals surface area contributed by atoms with Crippen LogP contribution in [0.2, 0.25) is 0 Å². The lowest BCUT2D eigenvalue weighted by Crippen LogP contribution is -2.39. The van der Waals surface area contributed by atoms with Gasteiger partial charge in [0.1, 0.15) is 11.3 Å². The molecule has 0 saturated heterocycles. The SMILES string of the molecule is CC1CCC(NC(=O)COc2ccc3c(C(F)(F)F)cc(=O)oc3c2)CC1. The molecular formula is C19H20F3NO4. The van der Waals surface area contributed by atoms with Gasteiger partial charge in [0.15, 0.2) is 6.61 Å². The van der Waals surface area contributed by atoms with Crippen molar-refractivity contribution in [2.24, 2.45) is 5.92 Å². The highest BCUT2D eigenvalue weighted by Crippen LogP contribution is 2.34. The highest BCUT2D eigenvalue weighted by molar-refractivity contribution is 5.82. The minimum Gasteiger partial charge on any atom is -0.484 e. The summed E-state index contributed by atoms with van der Waals surface area (Å²) in [6, 6.07) is 4.20. The van der Waals surface area contributed by atoms with Crippen molar-refractivity contribution < 1.29 is 27.1 Å². The molecule has 1 aromatic carbocycles. The Hall–Kier alpha value is -2.51. The van der Waals surface area contributed by atoms with Gasteiger partial charge in [0.2, 0.25) is 0 Å². The number of benzene rings is 1. The monoisotopic (exact) mass is 383 g/mol. The Morgan fingerprint density at radius 3 is 2.59 bits per heavy atom. The quantitative estimate of drug-likeness (QED) is 0.814. The maximum Gasteiger partial charge on any atom is 0.417 e. The van der Waals surface area contributed by atoms with Crippen molar-refractivity contribution in [2.75, 3.05) is 6.61 Å². The molecular weight excluding hydrogens is 363 g/mol. The Morgan fingerprint density at radius 2 is 1.93 bits per heavy atom. The topological polar surface area (TPSA) is 68.5 Å². The van der Waals surface area contributed by atoms with Gasteiger partial charge >= 0.3 is 11.8 Å². The summed E-state index contributed by atoms with van der Waals surface area (Å²) in [4.78, 5) is 23.4. The second kappa shape index (κ2) is 7.62. The van der Waals surface area contributed by atoms with Crippen molar-refractivity contribution >= 4 is 16.9 Å². The first-order chi connectivity index (χ1) is 12.7. The summed E-state index contributed by atoms with van der Waals surface area (Å²) in [6.45, 7) is 1.92. The van der Waals surface area contributed by atoms with Crippen LogP contribution in [-0.4, -0.2) is 18.6 Å². The second-order valence-corrected chi connectivity index (χ2v) is 6.95. The molecule has 1 aromatic heterocycles. The maximum atomic E-state index is 13.0. The Morgan fingerprint density at radius 1 is 1.22 bits per heavy atom. The average Bonchev–Trinajstić information content (AvgIpc) is 2.60. The summed E-state index contributed by atoms with van der Waals surface area (Å²) >= 11 is 0. The molecule has 5 nitrogen and oxygen atoms in total. The van der Waals surface area contributed by atoms with E-state index in [0.717, 1.165) is 31.7 Å². The van der Waals surface area contributed by atoms with Crippen LogP contribution >= 0.6 is 0 Å². The molecule has 1 fully saturated rings. The predicted octanol–water partition coefficient (Wildman–Crippen LogP) is 3.89. The predicted molar refractivity (Wildman–Crippen MR) is 92.5 cm³/mol. The van der Waals surface area contributed by atoms with Gasteiger partial charge in [-0.1, -0.05) is 6.92 Å². The largest absolute Gasteiger partial charge is 0.484 e. The van der Waals surface area contributed by atoms with E-state index in [1.165, 1.54) is 12.1 Å². The molecule has 0 atom stereocenters.